The Kier molecular flexibility index (Phi) is 8.98. The highest BCUT2D eigenvalue weighted by atomic mass is 15.3. The van der Waals surface area contributed by atoms with Crippen LogP contribution in [0.5, 0.6) is 0 Å². The van der Waals surface area contributed by atoms with Crippen molar-refractivity contribution < 1.29 is 0 Å². The lowest BCUT2D eigenvalue weighted by molar-refractivity contribution is 0.135. The first-order valence-corrected chi connectivity index (χ1v) is 19.2. The Morgan fingerprint density at radius 2 is 1.34 bits per heavy atom. The molecular formula is C40H45N13. The highest BCUT2D eigenvalue weighted by Gasteiger charge is 2.41. The number of piperidine rings is 2. The lowest BCUT2D eigenvalue weighted by Crippen LogP contribution is -2.47. The van der Waals surface area contributed by atoms with E-state index in [0.717, 1.165) is 83.6 Å². The van der Waals surface area contributed by atoms with Gasteiger partial charge in [-0.25, -0.2) is 14.6 Å². The lowest BCUT2D eigenvalue weighted by atomic mass is 9.97. The number of aromatic nitrogens is 6. The third kappa shape index (κ3) is 6.49. The highest BCUT2D eigenvalue weighted by molar-refractivity contribution is 5.94. The van der Waals surface area contributed by atoms with E-state index in [9.17, 15) is 0 Å². The molecule has 9 rings (SSSR count). The Balaban J connectivity index is 0.943. The van der Waals surface area contributed by atoms with Crippen molar-refractivity contribution in [3.05, 3.63) is 60.7 Å². The molecule has 5 aromatic heterocycles. The molecule has 0 spiro atoms. The summed E-state index contributed by atoms with van der Waals surface area (Å²) in [5, 5.41) is 36.3. The Hall–Kier alpha value is -5.37. The van der Waals surface area contributed by atoms with Crippen molar-refractivity contribution in [1.29, 1.82) is 10.5 Å². The molecule has 0 amide bonds. The molecule has 13 nitrogen and oxygen atoms in total. The van der Waals surface area contributed by atoms with Crippen molar-refractivity contribution in [2.75, 3.05) is 29.0 Å². The number of hydrogen-bond acceptors (Lipinski definition) is 12. The fourth-order valence-electron chi connectivity index (χ4n) is 9.75. The minimum Gasteiger partial charge on any atom is -0.367 e. The molecule has 13 heteroatoms. The van der Waals surface area contributed by atoms with E-state index in [1.54, 1.807) is 0 Å². The van der Waals surface area contributed by atoms with Gasteiger partial charge in [0.25, 0.3) is 0 Å². The van der Waals surface area contributed by atoms with Gasteiger partial charge in [0.1, 0.15) is 28.7 Å². The molecule has 9 heterocycles. The number of aryl methyl sites for hydroxylation is 1. The van der Waals surface area contributed by atoms with Gasteiger partial charge < -0.3 is 16.0 Å². The van der Waals surface area contributed by atoms with Gasteiger partial charge in [-0.15, -0.1) is 5.10 Å². The maximum absolute atomic E-state index is 9.15. The van der Waals surface area contributed by atoms with E-state index in [-0.39, 0.29) is 0 Å². The van der Waals surface area contributed by atoms with Crippen LogP contribution in [0.2, 0.25) is 0 Å². The summed E-state index contributed by atoms with van der Waals surface area (Å²) in [4.78, 5) is 24.6. The van der Waals surface area contributed by atoms with Gasteiger partial charge >= 0.3 is 0 Å². The van der Waals surface area contributed by atoms with Gasteiger partial charge in [-0.2, -0.15) is 10.5 Å². The van der Waals surface area contributed by atoms with Gasteiger partial charge in [0.05, 0.1) is 23.9 Å². The SMILES string of the molecule is Cc1cc(Nc2cc3ncccc3c(NC3C[C@H]4CC[C@@H](C3)N4CCC#N)n2)nn1-c1cnc(NC2C[C@H]3CC[C@@H](C2)N3CCC#N)c2cccnc12. The predicted octanol–water partition coefficient (Wildman–Crippen LogP) is 6.45. The molecule has 53 heavy (non-hydrogen) atoms. The van der Waals surface area contributed by atoms with E-state index >= 15 is 0 Å². The molecule has 5 aromatic rings. The van der Waals surface area contributed by atoms with Crippen molar-refractivity contribution in [2.45, 2.75) is 107 Å². The first kappa shape index (κ1) is 33.5. The Morgan fingerprint density at radius 1 is 0.736 bits per heavy atom. The van der Waals surface area contributed by atoms with E-state index in [1.165, 1.54) is 25.7 Å². The van der Waals surface area contributed by atoms with Crippen molar-refractivity contribution >= 4 is 45.1 Å². The molecule has 4 saturated heterocycles. The predicted molar refractivity (Wildman–Crippen MR) is 205 cm³/mol. The van der Waals surface area contributed by atoms with Crippen LogP contribution in [0.25, 0.3) is 27.5 Å². The smallest absolute Gasteiger partial charge is 0.154 e. The van der Waals surface area contributed by atoms with Gasteiger partial charge in [-0.3, -0.25) is 19.8 Å². The molecule has 4 bridgehead atoms. The van der Waals surface area contributed by atoms with Crippen molar-refractivity contribution in [3.8, 4) is 17.8 Å². The summed E-state index contributed by atoms with van der Waals surface area (Å²) in [6, 6.07) is 19.4. The van der Waals surface area contributed by atoms with Crippen LogP contribution >= 0.6 is 0 Å². The summed E-state index contributed by atoms with van der Waals surface area (Å²) >= 11 is 0. The van der Waals surface area contributed by atoms with Gasteiger partial charge in [0.15, 0.2) is 5.82 Å². The average molecular weight is 708 g/mol. The lowest BCUT2D eigenvalue weighted by Gasteiger charge is -2.39. The number of nitrogens with zero attached hydrogens (tertiary/aromatic N) is 10. The first-order chi connectivity index (χ1) is 26.0. The second-order valence-electron chi connectivity index (χ2n) is 15.2. The molecule has 3 N–H and O–H groups in total. The fraction of sp³-hybridized carbons (Fsp3) is 0.475. The van der Waals surface area contributed by atoms with Crippen LogP contribution in [0.1, 0.15) is 69.9 Å². The molecule has 270 valence electrons. The van der Waals surface area contributed by atoms with Crippen LogP contribution in [0.4, 0.5) is 23.3 Å². The van der Waals surface area contributed by atoms with E-state index < -0.39 is 0 Å². The number of anilines is 4. The van der Waals surface area contributed by atoms with Crippen molar-refractivity contribution in [3.63, 3.8) is 0 Å². The second-order valence-corrected chi connectivity index (χ2v) is 15.2. The van der Waals surface area contributed by atoms with Crippen LogP contribution in [-0.2, 0) is 0 Å². The van der Waals surface area contributed by atoms with E-state index in [1.807, 2.05) is 54.5 Å². The van der Waals surface area contributed by atoms with Gasteiger partial charge in [0, 0.05) is 103 Å². The standard InChI is InChI=1S/C40H45N13/c1-25-18-37(48-36-23-34-32(6-2-14-43-34)40(49-36)47-27-21-30-10-11-31(22-27)52(30)17-5-13-42)50-53(25)35-24-45-39(33-7-3-15-44-38(33)35)46-26-19-28-8-9-29(20-26)51(28)16-4-12-41/h2-3,6-7,14-15,18,23-24,26-31H,4-5,8-11,16-17,19-22H2,1H3,(H,45,46)(H2,47,48,49,50)/t26?,27?,28-,29+,30-,31+. The van der Waals surface area contributed by atoms with Crippen LogP contribution in [0, 0.1) is 29.6 Å². The van der Waals surface area contributed by atoms with Gasteiger partial charge in [-0.1, -0.05) is 0 Å². The molecule has 2 unspecified atom stereocenters. The van der Waals surface area contributed by atoms with Gasteiger partial charge in [0.2, 0.25) is 0 Å². The number of hydrogen-bond donors (Lipinski definition) is 3. The van der Waals surface area contributed by atoms with Crippen LogP contribution < -0.4 is 16.0 Å². The second kappa shape index (κ2) is 14.2. The highest BCUT2D eigenvalue weighted by Crippen LogP contribution is 2.39. The minimum atomic E-state index is 0.307. The van der Waals surface area contributed by atoms with Crippen LogP contribution in [0.15, 0.2) is 55.0 Å². The van der Waals surface area contributed by atoms with Crippen molar-refractivity contribution in [1.82, 2.24) is 39.5 Å². The summed E-state index contributed by atoms with van der Waals surface area (Å²) in [7, 11) is 0. The van der Waals surface area contributed by atoms with Crippen LogP contribution in [-0.4, -0.2) is 88.9 Å². The summed E-state index contributed by atoms with van der Waals surface area (Å²) in [5.74, 6) is 3.02. The number of nitrogens with one attached hydrogen (secondary N) is 3. The van der Waals surface area contributed by atoms with E-state index in [2.05, 4.69) is 55.0 Å². The monoisotopic (exact) mass is 707 g/mol. The molecule has 0 radical (unpaired) electrons. The average Bonchev–Trinajstić information content (AvgIpc) is 3.74. The molecule has 4 fully saturated rings. The third-order valence-electron chi connectivity index (χ3n) is 12.0. The maximum atomic E-state index is 9.15. The number of fused-ring (bicyclic) bond motifs is 6. The third-order valence-corrected chi connectivity index (χ3v) is 12.0. The topological polar surface area (TPSA) is 160 Å². The molecule has 6 atom stereocenters. The number of rotatable bonds is 11. The Labute approximate surface area is 309 Å². The summed E-state index contributed by atoms with van der Waals surface area (Å²) < 4.78 is 1.90. The van der Waals surface area contributed by atoms with E-state index in [4.69, 9.17) is 30.6 Å². The summed E-state index contributed by atoms with van der Waals surface area (Å²) in [6.45, 7) is 3.77. The summed E-state index contributed by atoms with van der Waals surface area (Å²) in [6.07, 6.45) is 15.7. The molecule has 4 aliphatic rings. The van der Waals surface area contributed by atoms with Crippen molar-refractivity contribution in [2.24, 2.45) is 0 Å². The van der Waals surface area contributed by atoms with Gasteiger partial charge in [-0.05, 0) is 82.6 Å². The normalized spacial score (nSPS) is 25.3. The Bertz CT molecular complexity index is 2190. The number of pyridine rings is 4. The zero-order chi connectivity index (χ0) is 35.9. The fourth-order valence-corrected chi connectivity index (χ4v) is 9.75. The molecule has 0 saturated carbocycles. The Morgan fingerprint density at radius 3 is 1.98 bits per heavy atom. The zero-order valence-corrected chi connectivity index (χ0v) is 30.1. The maximum Gasteiger partial charge on any atom is 0.154 e. The molecular weight excluding hydrogens is 663 g/mol. The first-order valence-electron chi connectivity index (χ1n) is 19.2. The van der Waals surface area contributed by atoms with E-state index in [0.29, 0.717) is 60.7 Å². The zero-order valence-electron chi connectivity index (χ0n) is 30.1. The molecule has 4 aliphatic heterocycles. The van der Waals surface area contributed by atoms with Crippen LogP contribution in [0.3, 0.4) is 0 Å². The largest absolute Gasteiger partial charge is 0.367 e. The molecule has 0 aliphatic carbocycles. The summed E-state index contributed by atoms with van der Waals surface area (Å²) in [5.41, 5.74) is 3.46. The minimum absolute atomic E-state index is 0.307. The number of nitriles is 2. The quantitative estimate of drug-likeness (QED) is 0.138. The molecule has 0 aromatic carbocycles.